The summed E-state index contributed by atoms with van der Waals surface area (Å²) in [6.45, 7) is 3.07. The van der Waals surface area contributed by atoms with Gasteiger partial charge in [-0.1, -0.05) is 0 Å². The quantitative estimate of drug-likeness (QED) is 0.720. The highest BCUT2D eigenvalue weighted by atomic mass is 16.5. The van der Waals surface area contributed by atoms with E-state index in [4.69, 9.17) is 4.74 Å². The summed E-state index contributed by atoms with van der Waals surface area (Å²) in [6, 6.07) is 1.48. The molecule has 1 aliphatic carbocycles. The zero-order valence-electron chi connectivity index (χ0n) is 9.33. The molecule has 3 nitrogen and oxygen atoms in total. The first-order valence-electron chi connectivity index (χ1n) is 5.77. The Kier molecular flexibility index (Phi) is 3.42. The maximum absolute atomic E-state index is 5.43. The molecule has 1 heterocycles. The predicted octanol–water partition coefficient (Wildman–Crippen LogP) is 0.705. The summed E-state index contributed by atoms with van der Waals surface area (Å²) in [5, 5.41) is 3.29. The number of hydrogen-bond donors (Lipinski definition) is 1. The Labute approximate surface area is 86.8 Å². The van der Waals surface area contributed by atoms with Crippen LogP contribution >= 0.6 is 0 Å². The van der Waals surface area contributed by atoms with E-state index in [0.717, 1.165) is 25.2 Å². The fourth-order valence-electron chi connectivity index (χ4n) is 2.70. The molecule has 0 aromatic heterocycles. The average Bonchev–Trinajstić information content (AvgIpc) is 2.65. The van der Waals surface area contributed by atoms with Gasteiger partial charge in [-0.05, 0) is 45.8 Å². The molecule has 3 atom stereocenters. The van der Waals surface area contributed by atoms with Gasteiger partial charge in [-0.15, -0.1) is 0 Å². The smallest absolute Gasteiger partial charge is 0.0622 e. The second-order valence-corrected chi connectivity index (χ2v) is 4.65. The molecular formula is C11H22N2O. The van der Waals surface area contributed by atoms with Gasteiger partial charge in [0.05, 0.1) is 6.61 Å². The first kappa shape index (κ1) is 10.4. The lowest BCUT2D eigenvalue weighted by atomic mass is 9.78. The summed E-state index contributed by atoms with van der Waals surface area (Å²) in [4.78, 5) is 2.55. The van der Waals surface area contributed by atoms with Crippen molar-refractivity contribution in [3.05, 3.63) is 0 Å². The molecular weight excluding hydrogens is 176 g/mol. The lowest BCUT2D eigenvalue weighted by molar-refractivity contribution is 0.0447. The molecule has 3 unspecified atom stereocenters. The Morgan fingerprint density at radius 3 is 2.71 bits per heavy atom. The number of nitrogens with one attached hydrogen (secondary N) is 1. The van der Waals surface area contributed by atoms with E-state index in [1.54, 1.807) is 0 Å². The first-order valence-corrected chi connectivity index (χ1v) is 5.77. The largest absolute Gasteiger partial charge is 0.380 e. The number of rotatable bonds is 4. The lowest BCUT2D eigenvalue weighted by Crippen LogP contribution is -2.52. The van der Waals surface area contributed by atoms with Crippen molar-refractivity contribution in [2.75, 3.05) is 33.9 Å². The van der Waals surface area contributed by atoms with Gasteiger partial charge >= 0.3 is 0 Å². The summed E-state index contributed by atoms with van der Waals surface area (Å²) in [6.07, 6.45) is 3.99. The minimum absolute atomic E-state index is 0.680. The molecule has 3 heteroatoms. The van der Waals surface area contributed by atoms with Crippen molar-refractivity contribution < 1.29 is 4.74 Å². The van der Waals surface area contributed by atoms with Crippen LogP contribution in [0.4, 0.5) is 0 Å². The molecule has 0 radical (unpaired) electrons. The summed E-state index contributed by atoms with van der Waals surface area (Å²) in [7, 11) is 4.32. The highest BCUT2D eigenvalue weighted by molar-refractivity contribution is 4.91. The molecule has 1 saturated heterocycles. The molecule has 0 amide bonds. The maximum Gasteiger partial charge on any atom is 0.0622 e. The second-order valence-electron chi connectivity index (χ2n) is 4.65. The van der Waals surface area contributed by atoms with Gasteiger partial charge in [-0.3, -0.25) is 4.90 Å². The van der Waals surface area contributed by atoms with Gasteiger partial charge in [0, 0.05) is 18.7 Å². The van der Waals surface area contributed by atoms with E-state index in [-0.39, 0.29) is 0 Å². The van der Waals surface area contributed by atoms with Crippen LogP contribution in [0.5, 0.6) is 0 Å². The number of likely N-dealkylation sites (N-methyl/N-ethyl adjacent to an activating group) is 1. The highest BCUT2D eigenvalue weighted by Crippen LogP contribution is 2.33. The van der Waals surface area contributed by atoms with Gasteiger partial charge in [0.25, 0.3) is 0 Å². The fraction of sp³-hybridized carbons (Fsp3) is 1.00. The molecule has 14 heavy (non-hydrogen) atoms. The third-order valence-corrected chi connectivity index (χ3v) is 3.85. The van der Waals surface area contributed by atoms with Crippen molar-refractivity contribution >= 4 is 0 Å². The SMILES string of the molecule is CNCC1CCC1N(C)C1CCOC1. The molecule has 1 saturated carbocycles. The third kappa shape index (κ3) is 1.95. The van der Waals surface area contributed by atoms with Crippen LogP contribution in [0.2, 0.25) is 0 Å². The molecule has 2 aliphatic rings. The zero-order chi connectivity index (χ0) is 9.97. The summed E-state index contributed by atoms with van der Waals surface area (Å²) >= 11 is 0. The topological polar surface area (TPSA) is 24.5 Å². The standard InChI is InChI=1S/C11H22N2O/c1-12-7-9-3-4-11(9)13(2)10-5-6-14-8-10/h9-12H,3-8H2,1-2H3. The lowest BCUT2D eigenvalue weighted by Gasteiger charge is -2.45. The Morgan fingerprint density at radius 2 is 2.21 bits per heavy atom. The van der Waals surface area contributed by atoms with Gasteiger partial charge < -0.3 is 10.1 Å². The van der Waals surface area contributed by atoms with Crippen molar-refractivity contribution in [2.24, 2.45) is 5.92 Å². The van der Waals surface area contributed by atoms with Crippen LogP contribution < -0.4 is 5.32 Å². The van der Waals surface area contributed by atoms with Crippen molar-refractivity contribution in [3.8, 4) is 0 Å². The first-order chi connectivity index (χ1) is 6.83. The van der Waals surface area contributed by atoms with Crippen LogP contribution in [0.15, 0.2) is 0 Å². The molecule has 1 aliphatic heterocycles. The zero-order valence-corrected chi connectivity index (χ0v) is 9.33. The molecule has 1 N–H and O–H groups in total. The van der Waals surface area contributed by atoms with Crippen molar-refractivity contribution in [2.45, 2.75) is 31.3 Å². The van der Waals surface area contributed by atoms with Gasteiger partial charge in [-0.25, -0.2) is 0 Å². The number of ether oxygens (including phenoxy) is 1. The normalized spacial score (nSPS) is 37.5. The molecule has 0 spiro atoms. The summed E-state index contributed by atoms with van der Waals surface area (Å²) < 4.78 is 5.43. The molecule has 2 rings (SSSR count). The molecule has 2 fully saturated rings. The highest BCUT2D eigenvalue weighted by Gasteiger charge is 2.36. The predicted molar refractivity (Wildman–Crippen MR) is 57.4 cm³/mol. The van der Waals surface area contributed by atoms with Crippen molar-refractivity contribution in [1.29, 1.82) is 0 Å². The summed E-state index contributed by atoms with van der Waals surface area (Å²) in [5.41, 5.74) is 0. The van der Waals surface area contributed by atoms with Crippen LogP contribution in [0.3, 0.4) is 0 Å². The van der Waals surface area contributed by atoms with E-state index in [1.165, 1.54) is 25.8 Å². The molecule has 82 valence electrons. The van der Waals surface area contributed by atoms with Crippen molar-refractivity contribution in [1.82, 2.24) is 10.2 Å². The molecule has 0 aromatic carbocycles. The number of hydrogen-bond acceptors (Lipinski definition) is 3. The number of nitrogens with zero attached hydrogens (tertiary/aromatic N) is 1. The van der Waals surface area contributed by atoms with Gasteiger partial charge in [-0.2, -0.15) is 0 Å². The minimum atomic E-state index is 0.680. The van der Waals surface area contributed by atoms with E-state index in [0.29, 0.717) is 6.04 Å². The maximum atomic E-state index is 5.43. The van der Waals surface area contributed by atoms with E-state index >= 15 is 0 Å². The van der Waals surface area contributed by atoms with E-state index in [1.807, 2.05) is 7.05 Å². The minimum Gasteiger partial charge on any atom is -0.380 e. The average molecular weight is 198 g/mol. The van der Waals surface area contributed by atoms with E-state index in [9.17, 15) is 0 Å². The van der Waals surface area contributed by atoms with Gasteiger partial charge in [0.1, 0.15) is 0 Å². The van der Waals surface area contributed by atoms with Crippen LogP contribution in [0.1, 0.15) is 19.3 Å². The van der Waals surface area contributed by atoms with Gasteiger partial charge in [0.15, 0.2) is 0 Å². The van der Waals surface area contributed by atoms with Gasteiger partial charge in [0.2, 0.25) is 0 Å². The Morgan fingerprint density at radius 1 is 1.36 bits per heavy atom. The fourth-order valence-corrected chi connectivity index (χ4v) is 2.70. The van der Waals surface area contributed by atoms with E-state index in [2.05, 4.69) is 17.3 Å². The van der Waals surface area contributed by atoms with Crippen LogP contribution in [0.25, 0.3) is 0 Å². The van der Waals surface area contributed by atoms with Crippen molar-refractivity contribution in [3.63, 3.8) is 0 Å². The molecule has 0 aromatic rings. The van der Waals surface area contributed by atoms with Crippen LogP contribution in [0, 0.1) is 5.92 Å². The summed E-state index contributed by atoms with van der Waals surface area (Å²) in [5.74, 6) is 0.866. The van der Waals surface area contributed by atoms with E-state index < -0.39 is 0 Å². The third-order valence-electron chi connectivity index (χ3n) is 3.85. The van der Waals surface area contributed by atoms with Crippen LogP contribution in [-0.2, 0) is 4.74 Å². The monoisotopic (exact) mass is 198 g/mol. The second kappa shape index (κ2) is 4.60. The Hall–Kier alpha value is -0.120. The molecule has 0 bridgehead atoms. The Bertz CT molecular complexity index is 180. The van der Waals surface area contributed by atoms with Crippen LogP contribution in [-0.4, -0.2) is 50.8 Å². The Balaban J connectivity index is 1.81.